The summed E-state index contributed by atoms with van der Waals surface area (Å²) in [5.41, 5.74) is 1.32. The lowest BCUT2D eigenvalue weighted by molar-refractivity contribution is -0.133. The van der Waals surface area contributed by atoms with Gasteiger partial charge in [0, 0.05) is 10.0 Å². The van der Waals surface area contributed by atoms with E-state index in [0.29, 0.717) is 5.56 Å². The number of benzene rings is 2. The highest BCUT2D eigenvalue weighted by atomic mass is 79.9. The number of nitrogens with one attached hydrogen (secondary N) is 1. The predicted molar refractivity (Wildman–Crippen MR) is 86.0 cm³/mol. The van der Waals surface area contributed by atoms with Crippen molar-refractivity contribution >= 4 is 33.4 Å². The molecule has 0 spiro atoms. The largest absolute Gasteiger partial charge is 0.507 e. The van der Waals surface area contributed by atoms with Crippen molar-refractivity contribution < 1.29 is 14.7 Å². The van der Waals surface area contributed by atoms with Gasteiger partial charge in [-0.3, -0.25) is 9.59 Å². The molecule has 0 radical (unpaired) electrons. The topological polar surface area (TPSA) is 66.4 Å². The van der Waals surface area contributed by atoms with Crippen LogP contribution in [0.5, 0.6) is 0 Å². The Balaban J connectivity index is 2.11. The molecule has 1 aliphatic heterocycles. The lowest BCUT2D eigenvalue weighted by atomic mass is 9.96. The molecular formula is C17H12BrNO3. The molecule has 4 nitrogen and oxygen atoms in total. The predicted octanol–water partition coefficient (Wildman–Crippen LogP) is 3.16. The number of halogens is 1. The molecule has 110 valence electrons. The van der Waals surface area contributed by atoms with E-state index in [1.54, 1.807) is 36.4 Å². The van der Waals surface area contributed by atoms with Crippen molar-refractivity contribution in [1.82, 2.24) is 5.32 Å². The maximum atomic E-state index is 12.1. The Morgan fingerprint density at radius 1 is 1.00 bits per heavy atom. The monoisotopic (exact) mass is 357 g/mol. The summed E-state index contributed by atoms with van der Waals surface area (Å²) in [6.45, 7) is 0. The third kappa shape index (κ3) is 2.55. The van der Waals surface area contributed by atoms with Gasteiger partial charge in [0.15, 0.2) is 0 Å². The third-order valence-corrected chi connectivity index (χ3v) is 4.05. The molecular weight excluding hydrogens is 346 g/mol. The zero-order valence-electron chi connectivity index (χ0n) is 11.4. The standard InChI is InChI=1S/C17H12BrNO3/c18-12-8-6-10(7-9-12)14-13(16(21)17(22)19-14)15(20)11-4-2-1-3-5-11/h1-9,14,20H,(H,19,22)/t14-/m1/s1. The fourth-order valence-electron chi connectivity index (χ4n) is 2.42. The molecule has 1 heterocycles. The molecule has 0 aromatic heterocycles. The Morgan fingerprint density at radius 3 is 2.27 bits per heavy atom. The van der Waals surface area contributed by atoms with Crippen molar-refractivity contribution in [2.75, 3.05) is 0 Å². The van der Waals surface area contributed by atoms with E-state index < -0.39 is 17.7 Å². The molecule has 1 amide bonds. The first-order valence-corrected chi connectivity index (χ1v) is 7.46. The molecule has 1 atom stereocenters. The molecule has 2 aromatic rings. The van der Waals surface area contributed by atoms with E-state index in [1.165, 1.54) is 0 Å². The number of rotatable bonds is 2. The molecule has 0 aliphatic carbocycles. The summed E-state index contributed by atoms with van der Waals surface area (Å²) in [6.07, 6.45) is 0. The highest BCUT2D eigenvalue weighted by molar-refractivity contribution is 9.10. The maximum absolute atomic E-state index is 12.1. The van der Waals surface area contributed by atoms with Crippen LogP contribution in [0.1, 0.15) is 17.2 Å². The van der Waals surface area contributed by atoms with Crippen molar-refractivity contribution in [1.29, 1.82) is 0 Å². The van der Waals surface area contributed by atoms with Gasteiger partial charge < -0.3 is 10.4 Å². The minimum absolute atomic E-state index is 0.0820. The summed E-state index contributed by atoms with van der Waals surface area (Å²) < 4.78 is 0.893. The highest BCUT2D eigenvalue weighted by Crippen LogP contribution is 2.33. The number of Topliss-reactive ketones (excluding diaryl/α,β-unsaturated/α-hetero) is 1. The first-order valence-electron chi connectivity index (χ1n) is 6.67. The van der Waals surface area contributed by atoms with Gasteiger partial charge in [0.05, 0.1) is 11.6 Å². The van der Waals surface area contributed by atoms with Gasteiger partial charge in [-0.15, -0.1) is 0 Å². The minimum Gasteiger partial charge on any atom is -0.507 e. The van der Waals surface area contributed by atoms with Gasteiger partial charge >= 0.3 is 0 Å². The highest BCUT2D eigenvalue weighted by Gasteiger charge is 2.39. The Bertz CT molecular complexity index is 766. The Kier molecular flexibility index (Phi) is 3.81. The zero-order chi connectivity index (χ0) is 15.7. The maximum Gasteiger partial charge on any atom is 0.293 e. The number of carbonyl (C=O) groups excluding carboxylic acids is 2. The van der Waals surface area contributed by atoms with Gasteiger partial charge in [-0.25, -0.2) is 0 Å². The van der Waals surface area contributed by atoms with E-state index in [-0.39, 0.29) is 11.3 Å². The van der Waals surface area contributed by atoms with Gasteiger partial charge in [-0.1, -0.05) is 58.4 Å². The zero-order valence-corrected chi connectivity index (χ0v) is 13.0. The fraction of sp³-hybridized carbons (Fsp3) is 0.0588. The van der Waals surface area contributed by atoms with Gasteiger partial charge in [0.1, 0.15) is 5.76 Å². The van der Waals surface area contributed by atoms with Crippen molar-refractivity contribution in [3.63, 3.8) is 0 Å². The Morgan fingerprint density at radius 2 is 1.64 bits per heavy atom. The second-order valence-electron chi connectivity index (χ2n) is 4.92. The van der Waals surface area contributed by atoms with Crippen LogP contribution in [0.4, 0.5) is 0 Å². The molecule has 2 aromatic carbocycles. The average molecular weight is 358 g/mol. The summed E-state index contributed by atoms with van der Waals surface area (Å²) in [6, 6.07) is 15.3. The van der Waals surface area contributed by atoms with Crippen molar-refractivity contribution in [2.24, 2.45) is 0 Å². The van der Waals surface area contributed by atoms with Gasteiger partial charge in [-0.2, -0.15) is 0 Å². The summed E-state index contributed by atoms with van der Waals surface area (Å²) in [5.74, 6) is -1.57. The normalized spacial score (nSPS) is 20.0. The number of amides is 1. The van der Waals surface area contributed by atoms with Crippen LogP contribution in [0, 0.1) is 0 Å². The summed E-state index contributed by atoms with van der Waals surface area (Å²) in [4.78, 5) is 23.9. The van der Waals surface area contributed by atoms with Crippen LogP contribution in [0.15, 0.2) is 64.6 Å². The van der Waals surface area contributed by atoms with E-state index in [2.05, 4.69) is 21.2 Å². The summed E-state index contributed by atoms with van der Waals surface area (Å²) in [7, 11) is 0. The molecule has 22 heavy (non-hydrogen) atoms. The quantitative estimate of drug-likeness (QED) is 0.492. The smallest absolute Gasteiger partial charge is 0.293 e. The molecule has 5 heteroatoms. The molecule has 0 unspecified atom stereocenters. The lowest BCUT2D eigenvalue weighted by Gasteiger charge is -2.13. The molecule has 2 N–H and O–H groups in total. The first kappa shape index (κ1) is 14.5. The number of aliphatic hydroxyl groups excluding tert-OH is 1. The van der Waals surface area contributed by atoms with Gasteiger partial charge in [0.25, 0.3) is 11.7 Å². The van der Waals surface area contributed by atoms with E-state index in [9.17, 15) is 14.7 Å². The summed E-state index contributed by atoms with van der Waals surface area (Å²) >= 11 is 3.34. The third-order valence-electron chi connectivity index (χ3n) is 3.52. The van der Waals surface area contributed by atoms with Crippen LogP contribution in [0.2, 0.25) is 0 Å². The van der Waals surface area contributed by atoms with Crippen LogP contribution in [-0.4, -0.2) is 16.8 Å². The van der Waals surface area contributed by atoms with E-state index >= 15 is 0 Å². The Hall–Kier alpha value is -2.40. The van der Waals surface area contributed by atoms with E-state index in [0.717, 1.165) is 10.0 Å². The number of ketones is 1. The van der Waals surface area contributed by atoms with Crippen LogP contribution in [0.25, 0.3) is 5.76 Å². The molecule has 1 fully saturated rings. The van der Waals surface area contributed by atoms with Crippen LogP contribution < -0.4 is 5.32 Å². The first-order chi connectivity index (χ1) is 10.6. The van der Waals surface area contributed by atoms with Crippen LogP contribution in [0.3, 0.4) is 0 Å². The number of carbonyl (C=O) groups is 2. The van der Waals surface area contributed by atoms with Crippen LogP contribution >= 0.6 is 15.9 Å². The van der Waals surface area contributed by atoms with Crippen molar-refractivity contribution in [3.8, 4) is 0 Å². The SMILES string of the molecule is O=C1N[C@H](c2ccc(Br)cc2)C(=C(O)c2ccccc2)C1=O. The van der Waals surface area contributed by atoms with Crippen LogP contribution in [-0.2, 0) is 9.59 Å². The van der Waals surface area contributed by atoms with E-state index in [1.807, 2.05) is 18.2 Å². The Labute approximate surface area is 135 Å². The number of hydrogen-bond donors (Lipinski definition) is 2. The summed E-state index contributed by atoms with van der Waals surface area (Å²) in [5, 5.41) is 13.1. The second kappa shape index (κ2) is 5.77. The number of aliphatic hydroxyl groups is 1. The fourth-order valence-corrected chi connectivity index (χ4v) is 2.69. The van der Waals surface area contributed by atoms with Crippen molar-refractivity contribution in [2.45, 2.75) is 6.04 Å². The van der Waals surface area contributed by atoms with Crippen molar-refractivity contribution in [3.05, 3.63) is 75.8 Å². The molecule has 1 aliphatic rings. The van der Waals surface area contributed by atoms with E-state index in [4.69, 9.17) is 0 Å². The molecule has 3 rings (SSSR count). The number of hydrogen-bond acceptors (Lipinski definition) is 3. The molecule has 0 bridgehead atoms. The second-order valence-corrected chi connectivity index (χ2v) is 5.83. The van der Waals surface area contributed by atoms with Gasteiger partial charge in [0.2, 0.25) is 0 Å². The lowest BCUT2D eigenvalue weighted by Crippen LogP contribution is -2.21. The average Bonchev–Trinajstić information content (AvgIpc) is 2.84. The molecule has 0 saturated carbocycles. The minimum atomic E-state index is -0.703. The molecule has 1 saturated heterocycles. The van der Waals surface area contributed by atoms with Gasteiger partial charge in [-0.05, 0) is 17.7 Å².